The van der Waals surface area contributed by atoms with Gasteiger partial charge in [0.1, 0.15) is 0 Å². The third kappa shape index (κ3) is 4.49. The first-order valence-electron chi connectivity index (χ1n) is 6.58. The lowest BCUT2D eigenvalue weighted by Crippen LogP contribution is -2.34. The summed E-state index contributed by atoms with van der Waals surface area (Å²) in [6, 6.07) is 8.53. The molecule has 96 valence electrons. The van der Waals surface area contributed by atoms with E-state index in [-0.39, 0.29) is 6.04 Å². The lowest BCUT2D eigenvalue weighted by Gasteiger charge is -2.26. The summed E-state index contributed by atoms with van der Waals surface area (Å²) in [4.78, 5) is 2.43. The van der Waals surface area contributed by atoms with E-state index in [0.717, 1.165) is 19.6 Å². The Labute approximate surface area is 106 Å². The molecule has 1 atom stereocenters. The largest absolute Gasteiger partial charge is 0.323 e. The van der Waals surface area contributed by atoms with Gasteiger partial charge in [0, 0.05) is 19.1 Å². The monoisotopic (exact) mass is 234 g/mol. The third-order valence-electron chi connectivity index (χ3n) is 3.11. The van der Waals surface area contributed by atoms with Gasteiger partial charge >= 0.3 is 0 Å². The van der Waals surface area contributed by atoms with Crippen molar-refractivity contribution >= 4 is 0 Å². The Hall–Kier alpha value is -0.860. The van der Waals surface area contributed by atoms with Crippen LogP contribution in [0.2, 0.25) is 0 Å². The van der Waals surface area contributed by atoms with Crippen LogP contribution in [0.25, 0.3) is 0 Å². The summed E-state index contributed by atoms with van der Waals surface area (Å²) < 4.78 is 0. The highest BCUT2D eigenvalue weighted by Crippen LogP contribution is 2.16. The van der Waals surface area contributed by atoms with Crippen molar-refractivity contribution in [3.8, 4) is 0 Å². The first-order valence-corrected chi connectivity index (χ1v) is 6.58. The van der Waals surface area contributed by atoms with Gasteiger partial charge in [-0.05, 0) is 30.5 Å². The fourth-order valence-corrected chi connectivity index (χ4v) is 2.23. The van der Waals surface area contributed by atoms with E-state index in [4.69, 9.17) is 5.73 Å². The summed E-state index contributed by atoms with van der Waals surface area (Å²) in [6.07, 6.45) is 0. The number of aryl methyl sites for hydroxylation is 1. The average Bonchev–Trinajstić information content (AvgIpc) is 2.27. The second-order valence-corrected chi connectivity index (χ2v) is 5.21. The Balaban J connectivity index is 2.64. The highest BCUT2D eigenvalue weighted by molar-refractivity contribution is 5.28. The van der Waals surface area contributed by atoms with Crippen molar-refractivity contribution in [1.82, 2.24) is 4.90 Å². The molecule has 0 saturated heterocycles. The standard InChI is InChI=1S/C15H26N2/c1-5-17(10-12(2)3)11-15(16)14-9-7-6-8-13(14)4/h6-9,12,15H,5,10-11,16H2,1-4H3. The fraction of sp³-hybridized carbons (Fsp3) is 0.600. The van der Waals surface area contributed by atoms with Gasteiger partial charge in [0.25, 0.3) is 0 Å². The Morgan fingerprint density at radius 1 is 1.18 bits per heavy atom. The van der Waals surface area contributed by atoms with Crippen molar-refractivity contribution < 1.29 is 0 Å². The molecule has 1 unspecified atom stereocenters. The van der Waals surface area contributed by atoms with Crippen LogP contribution >= 0.6 is 0 Å². The highest BCUT2D eigenvalue weighted by atomic mass is 15.1. The first kappa shape index (κ1) is 14.2. The lowest BCUT2D eigenvalue weighted by atomic mass is 10.0. The molecule has 0 saturated carbocycles. The van der Waals surface area contributed by atoms with Crippen LogP contribution in [0.15, 0.2) is 24.3 Å². The van der Waals surface area contributed by atoms with Gasteiger partial charge in [-0.25, -0.2) is 0 Å². The van der Waals surface area contributed by atoms with Gasteiger partial charge < -0.3 is 10.6 Å². The van der Waals surface area contributed by atoms with E-state index in [2.05, 4.69) is 56.9 Å². The number of likely N-dealkylation sites (N-methyl/N-ethyl adjacent to an activating group) is 1. The smallest absolute Gasteiger partial charge is 0.0426 e. The molecular formula is C15H26N2. The van der Waals surface area contributed by atoms with Gasteiger partial charge in [0.2, 0.25) is 0 Å². The minimum atomic E-state index is 0.120. The van der Waals surface area contributed by atoms with Crippen LogP contribution in [0.1, 0.15) is 37.9 Å². The predicted molar refractivity (Wildman–Crippen MR) is 75.1 cm³/mol. The summed E-state index contributed by atoms with van der Waals surface area (Å²) in [5.74, 6) is 0.694. The Morgan fingerprint density at radius 2 is 1.82 bits per heavy atom. The molecule has 0 aliphatic heterocycles. The molecule has 17 heavy (non-hydrogen) atoms. The van der Waals surface area contributed by atoms with Crippen molar-refractivity contribution in [2.75, 3.05) is 19.6 Å². The molecule has 0 aliphatic carbocycles. The Bertz CT molecular complexity index is 333. The minimum Gasteiger partial charge on any atom is -0.323 e. The normalized spacial score (nSPS) is 13.4. The van der Waals surface area contributed by atoms with E-state index in [1.807, 2.05) is 0 Å². The second-order valence-electron chi connectivity index (χ2n) is 5.21. The highest BCUT2D eigenvalue weighted by Gasteiger charge is 2.13. The van der Waals surface area contributed by atoms with Crippen LogP contribution in [0, 0.1) is 12.8 Å². The number of hydrogen-bond acceptors (Lipinski definition) is 2. The number of nitrogens with two attached hydrogens (primary N) is 1. The molecule has 1 rings (SSSR count). The van der Waals surface area contributed by atoms with Crippen LogP contribution in [-0.4, -0.2) is 24.5 Å². The third-order valence-corrected chi connectivity index (χ3v) is 3.11. The maximum absolute atomic E-state index is 6.31. The Morgan fingerprint density at radius 3 is 2.35 bits per heavy atom. The topological polar surface area (TPSA) is 29.3 Å². The molecule has 0 fully saturated rings. The SMILES string of the molecule is CCN(CC(C)C)CC(N)c1ccccc1C. The molecule has 2 N–H and O–H groups in total. The van der Waals surface area contributed by atoms with Gasteiger partial charge in [-0.3, -0.25) is 0 Å². The number of benzene rings is 1. The van der Waals surface area contributed by atoms with E-state index in [1.54, 1.807) is 0 Å². The molecule has 0 aliphatic rings. The predicted octanol–water partition coefficient (Wildman–Crippen LogP) is 2.97. The van der Waals surface area contributed by atoms with E-state index in [9.17, 15) is 0 Å². The summed E-state index contributed by atoms with van der Waals surface area (Å²) in [5.41, 5.74) is 8.87. The van der Waals surface area contributed by atoms with Gasteiger partial charge in [0.05, 0.1) is 0 Å². The second kappa shape index (κ2) is 6.77. The van der Waals surface area contributed by atoms with Crippen molar-refractivity contribution in [1.29, 1.82) is 0 Å². The van der Waals surface area contributed by atoms with Crippen LogP contribution in [-0.2, 0) is 0 Å². The van der Waals surface area contributed by atoms with Gasteiger partial charge in [0.15, 0.2) is 0 Å². The summed E-state index contributed by atoms with van der Waals surface area (Å²) >= 11 is 0. The molecule has 0 heterocycles. The number of nitrogens with zero attached hydrogens (tertiary/aromatic N) is 1. The van der Waals surface area contributed by atoms with Gasteiger partial charge in [-0.2, -0.15) is 0 Å². The molecule has 0 aromatic heterocycles. The zero-order valence-electron chi connectivity index (χ0n) is 11.6. The van der Waals surface area contributed by atoms with Crippen molar-refractivity contribution in [3.05, 3.63) is 35.4 Å². The molecule has 1 aromatic carbocycles. The zero-order chi connectivity index (χ0) is 12.8. The van der Waals surface area contributed by atoms with E-state index < -0.39 is 0 Å². The molecule has 0 bridgehead atoms. The number of rotatable bonds is 6. The van der Waals surface area contributed by atoms with Crippen molar-refractivity contribution in [2.45, 2.75) is 33.7 Å². The quantitative estimate of drug-likeness (QED) is 0.820. The van der Waals surface area contributed by atoms with Crippen LogP contribution in [0.3, 0.4) is 0 Å². The maximum atomic E-state index is 6.31. The van der Waals surface area contributed by atoms with Gasteiger partial charge in [-0.1, -0.05) is 45.0 Å². The van der Waals surface area contributed by atoms with E-state index >= 15 is 0 Å². The maximum Gasteiger partial charge on any atom is 0.0426 e. The van der Waals surface area contributed by atoms with Gasteiger partial charge in [-0.15, -0.1) is 0 Å². The molecule has 2 nitrogen and oxygen atoms in total. The minimum absolute atomic E-state index is 0.120. The first-order chi connectivity index (χ1) is 8.04. The molecule has 1 aromatic rings. The van der Waals surface area contributed by atoms with Crippen LogP contribution in [0.5, 0.6) is 0 Å². The molecule has 0 radical (unpaired) electrons. The zero-order valence-corrected chi connectivity index (χ0v) is 11.6. The van der Waals surface area contributed by atoms with Crippen molar-refractivity contribution in [2.24, 2.45) is 11.7 Å². The van der Waals surface area contributed by atoms with Crippen LogP contribution < -0.4 is 5.73 Å². The summed E-state index contributed by atoms with van der Waals surface area (Å²) in [6.45, 7) is 12.0. The molecule has 0 spiro atoms. The molecule has 0 amide bonds. The number of hydrogen-bond donors (Lipinski definition) is 1. The fourth-order valence-electron chi connectivity index (χ4n) is 2.23. The van der Waals surface area contributed by atoms with Crippen LogP contribution in [0.4, 0.5) is 0 Å². The average molecular weight is 234 g/mol. The van der Waals surface area contributed by atoms with Crippen molar-refractivity contribution in [3.63, 3.8) is 0 Å². The molecule has 2 heteroatoms. The Kier molecular flexibility index (Phi) is 5.66. The summed E-state index contributed by atoms with van der Waals surface area (Å²) in [5, 5.41) is 0. The summed E-state index contributed by atoms with van der Waals surface area (Å²) in [7, 11) is 0. The van der Waals surface area contributed by atoms with E-state index in [1.165, 1.54) is 11.1 Å². The lowest BCUT2D eigenvalue weighted by molar-refractivity contribution is 0.242. The van der Waals surface area contributed by atoms with E-state index in [0.29, 0.717) is 5.92 Å². The molecular weight excluding hydrogens is 208 g/mol.